The fourth-order valence-corrected chi connectivity index (χ4v) is 1.66. The van der Waals surface area contributed by atoms with Crippen LogP contribution in [0.5, 0.6) is 0 Å². The molecule has 1 atom stereocenters. The van der Waals surface area contributed by atoms with Crippen molar-refractivity contribution in [2.45, 2.75) is 39.4 Å². The Morgan fingerprint density at radius 1 is 1.41 bits per heavy atom. The van der Waals surface area contributed by atoms with E-state index >= 15 is 0 Å². The van der Waals surface area contributed by atoms with Crippen LogP contribution in [0.1, 0.15) is 49.8 Å². The normalized spacial score (nSPS) is 13.3. The van der Waals surface area contributed by atoms with Crippen LogP contribution in [0.3, 0.4) is 0 Å². The molecule has 1 aromatic carbocycles. The Morgan fingerprint density at radius 2 is 2.00 bits per heavy atom. The third kappa shape index (κ3) is 4.00. The maximum Gasteiger partial charge on any atom is 0.252 e. The second-order valence-corrected chi connectivity index (χ2v) is 5.49. The van der Waals surface area contributed by atoms with Crippen molar-refractivity contribution in [1.29, 1.82) is 0 Å². The van der Waals surface area contributed by atoms with Gasteiger partial charge >= 0.3 is 0 Å². The summed E-state index contributed by atoms with van der Waals surface area (Å²) in [4.78, 5) is 12.0. The zero-order valence-corrected chi connectivity index (χ0v) is 11.2. The van der Waals surface area contributed by atoms with Gasteiger partial charge in [0.05, 0.1) is 0 Å². The Morgan fingerprint density at radius 3 is 2.47 bits per heavy atom. The number of carbonyl (C=O) groups is 1. The number of rotatable bonds is 2. The van der Waals surface area contributed by atoms with Crippen molar-refractivity contribution in [2.24, 2.45) is 0 Å². The predicted octanol–water partition coefficient (Wildman–Crippen LogP) is 3.90. The van der Waals surface area contributed by atoms with Crippen molar-refractivity contribution in [3.05, 3.63) is 34.3 Å². The first-order valence-electron chi connectivity index (χ1n) is 5.47. The summed E-state index contributed by atoms with van der Waals surface area (Å²) >= 11 is 5.80. The lowest BCUT2D eigenvalue weighted by molar-refractivity contribution is 0.0916. The molecule has 1 aromatic rings. The third-order valence-corrected chi connectivity index (χ3v) is 2.41. The molecule has 0 heterocycles. The van der Waals surface area contributed by atoms with Gasteiger partial charge in [-0.1, -0.05) is 11.6 Å². The smallest absolute Gasteiger partial charge is 0.252 e. The maximum absolute atomic E-state index is 13.4. The van der Waals surface area contributed by atoms with Gasteiger partial charge in [-0.05, 0) is 51.5 Å². The molecule has 1 amide bonds. The van der Waals surface area contributed by atoms with Gasteiger partial charge in [-0.2, -0.15) is 0 Å². The molecule has 2 nitrogen and oxygen atoms in total. The number of amides is 1. The number of halogens is 2. The molecule has 17 heavy (non-hydrogen) atoms. The molecule has 0 aliphatic heterocycles. The largest absolute Gasteiger partial charge is 0.347 e. The second-order valence-electron chi connectivity index (χ2n) is 5.05. The minimum Gasteiger partial charge on any atom is -0.347 e. The molecular weight excluding hydrogens is 241 g/mol. The van der Waals surface area contributed by atoms with E-state index in [-0.39, 0.29) is 11.4 Å². The Balaban J connectivity index is 3.09. The Bertz CT molecular complexity index is 424. The molecule has 0 saturated heterocycles. The molecule has 0 aromatic heterocycles. The highest BCUT2D eigenvalue weighted by Gasteiger charge is 2.20. The highest BCUT2D eigenvalue weighted by molar-refractivity contribution is 6.30. The van der Waals surface area contributed by atoms with Gasteiger partial charge < -0.3 is 5.32 Å². The number of nitrogens with one attached hydrogen (secondary N) is 1. The highest BCUT2D eigenvalue weighted by Crippen LogP contribution is 2.25. The number of benzene rings is 1. The summed E-state index contributed by atoms with van der Waals surface area (Å²) in [5.74, 6) is -0.284. The van der Waals surface area contributed by atoms with Gasteiger partial charge in [-0.15, -0.1) is 0 Å². The van der Waals surface area contributed by atoms with E-state index < -0.39 is 6.17 Å². The lowest BCUT2D eigenvalue weighted by Gasteiger charge is -2.21. The molecule has 94 valence electrons. The molecule has 0 unspecified atom stereocenters. The number of hydrogen-bond acceptors (Lipinski definition) is 1. The maximum atomic E-state index is 13.4. The highest BCUT2D eigenvalue weighted by atomic mass is 35.5. The summed E-state index contributed by atoms with van der Waals surface area (Å²) in [6, 6.07) is 4.63. The Labute approximate surface area is 106 Å². The van der Waals surface area contributed by atoms with Gasteiger partial charge in [-0.3, -0.25) is 4.79 Å². The number of alkyl halides is 1. The zero-order valence-electron chi connectivity index (χ0n) is 10.5. The summed E-state index contributed by atoms with van der Waals surface area (Å²) in [5.41, 5.74) is 0.298. The van der Waals surface area contributed by atoms with Crippen molar-refractivity contribution in [1.82, 2.24) is 5.32 Å². The van der Waals surface area contributed by atoms with E-state index in [1.54, 1.807) is 12.1 Å². The topological polar surface area (TPSA) is 29.1 Å². The van der Waals surface area contributed by atoms with Gasteiger partial charge in [0.2, 0.25) is 0 Å². The minimum atomic E-state index is -1.23. The van der Waals surface area contributed by atoms with Crippen LogP contribution in [0.15, 0.2) is 18.2 Å². The van der Waals surface area contributed by atoms with Crippen molar-refractivity contribution in [2.75, 3.05) is 0 Å². The van der Waals surface area contributed by atoms with Crippen LogP contribution in [-0.4, -0.2) is 11.4 Å². The van der Waals surface area contributed by atoms with Gasteiger partial charge in [0.1, 0.15) is 6.17 Å². The van der Waals surface area contributed by atoms with E-state index in [0.717, 1.165) is 0 Å². The fraction of sp³-hybridized carbons (Fsp3) is 0.462. The van der Waals surface area contributed by atoms with Crippen molar-refractivity contribution in [3.63, 3.8) is 0 Å². The van der Waals surface area contributed by atoms with Gasteiger partial charge in [0, 0.05) is 16.1 Å². The fourth-order valence-electron chi connectivity index (χ4n) is 1.48. The lowest BCUT2D eigenvalue weighted by atomic mass is 10.0. The number of carbonyl (C=O) groups excluding carboxylic acids is 1. The molecule has 0 aliphatic carbocycles. The Kier molecular flexibility index (Phi) is 4.15. The van der Waals surface area contributed by atoms with E-state index in [0.29, 0.717) is 16.1 Å². The molecule has 0 aliphatic rings. The van der Waals surface area contributed by atoms with Crippen molar-refractivity contribution < 1.29 is 9.18 Å². The average Bonchev–Trinajstić information content (AvgIpc) is 2.14. The Hall–Kier alpha value is -1.09. The lowest BCUT2D eigenvalue weighted by Crippen LogP contribution is -2.41. The first-order chi connectivity index (χ1) is 7.70. The van der Waals surface area contributed by atoms with Crippen LogP contribution in [0.4, 0.5) is 4.39 Å². The minimum absolute atomic E-state index is 0.284. The molecule has 1 N–H and O–H groups in total. The van der Waals surface area contributed by atoms with Crippen LogP contribution in [0.2, 0.25) is 5.02 Å². The molecule has 0 fully saturated rings. The van der Waals surface area contributed by atoms with Crippen LogP contribution < -0.4 is 5.32 Å². The quantitative estimate of drug-likeness (QED) is 0.855. The summed E-state index contributed by atoms with van der Waals surface area (Å²) in [5, 5.41) is 3.23. The van der Waals surface area contributed by atoms with Crippen molar-refractivity contribution in [3.8, 4) is 0 Å². The average molecular weight is 258 g/mol. The van der Waals surface area contributed by atoms with Crippen LogP contribution in [-0.2, 0) is 0 Å². The molecule has 0 spiro atoms. The van der Waals surface area contributed by atoms with Crippen LogP contribution in [0.25, 0.3) is 0 Å². The summed E-state index contributed by atoms with van der Waals surface area (Å²) < 4.78 is 13.4. The molecule has 0 bridgehead atoms. The van der Waals surface area contributed by atoms with Crippen LogP contribution >= 0.6 is 11.6 Å². The van der Waals surface area contributed by atoms with Gasteiger partial charge in [-0.25, -0.2) is 4.39 Å². The van der Waals surface area contributed by atoms with Crippen molar-refractivity contribution >= 4 is 17.5 Å². The molecule has 4 heteroatoms. The SMILES string of the molecule is C[C@H](F)c1cc(Cl)ccc1C(=O)NC(C)(C)C. The second kappa shape index (κ2) is 5.05. The van der Waals surface area contributed by atoms with E-state index in [4.69, 9.17) is 11.6 Å². The standard InChI is InChI=1S/C13H17ClFNO/c1-8(15)11-7-9(14)5-6-10(11)12(17)16-13(2,3)4/h5-8H,1-4H3,(H,16,17)/t8-/m0/s1. The first kappa shape index (κ1) is 14.0. The van der Waals surface area contributed by atoms with Gasteiger partial charge in [0.25, 0.3) is 5.91 Å². The molecule has 1 rings (SSSR count). The van der Waals surface area contributed by atoms with E-state index in [2.05, 4.69) is 5.32 Å². The predicted molar refractivity (Wildman–Crippen MR) is 68.2 cm³/mol. The van der Waals surface area contributed by atoms with E-state index in [9.17, 15) is 9.18 Å². The third-order valence-electron chi connectivity index (χ3n) is 2.18. The molecular formula is C13H17ClFNO. The van der Waals surface area contributed by atoms with E-state index in [1.165, 1.54) is 13.0 Å². The zero-order chi connectivity index (χ0) is 13.2. The van der Waals surface area contributed by atoms with Gasteiger partial charge in [0.15, 0.2) is 0 Å². The first-order valence-corrected chi connectivity index (χ1v) is 5.84. The molecule has 0 saturated carbocycles. The monoisotopic (exact) mass is 257 g/mol. The number of hydrogen-bond donors (Lipinski definition) is 1. The summed E-state index contributed by atoms with van der Waals surface area (Å²) in [6.45, 7) is 7.01. The molecule has 0 radical (unpaired) electrons. The van der Waals surface area contributed by atoms with Crippen LogP contribution in [0, 0.1) is 0 Å². The summed E-state index contributed by atoms with van der Waals surface area (Å²) in [6.07, 6.45) is -1.23. The summed E-state index contributed by atoms with van der Waals surface area (Å²) in [7, 11) is 0. The van der Waals surface area contributed by atoms with E-state index in [1.807, 2.05) is 20.8 Å².